The van der Waals surface area contributed by atoms with Crippen LogP contribution < -0.4 is 0 Å². The Balaban J connectivity index is 2.66. The summed E-state index contributed by atoms with van der Waals surface area (Å²) in [4.78, 5) is 13.1. The van der Waals surface area contributed by atoms with Crippen molar-refractivity contribution in [3.63, 3.8) is 0 Å². The van der Waals surface area contributed by atoms with Crippen molar-refractivity contribution in [2.75, 3.05) is 0 Å². The van der Waals surface area contributed by atoms with Crippen LogP contribution in [0.15, 0.2) is 48.5 Å². The van der Waals surface area contributed by atoms with Crippen LogP contribution >= 0.6 is 0 Å². The summed E-state index contributed by atoms with van der Waals surface area (Å²) in [5, 5.41) is 19.2. The molecular formula is C20H24O4. The van der Waals surface area contributed by atoms with Crippen LogP contribution in [0.3, 0.4) is 0 Å². The van der Waals surface area contributed by atoms with Gasteiger partial charge in [-0.3, -0.25) is 4.79 Å². The number of hydrogen-bond donors (Lipinski definition) is 2. The molecule has 0 aliphatic rings. The highest BCUT2D eigenvalue weighted by atomic mass is 16.5. The molecule has 4 nitrogen and oxygen atoms in total. The lowest BCUT2D eigenvalue weighted by Gasteiger charge is -2.33. The molecule has 0 aliphatic carbocycles. The first-order chi connectivity index (χ1) is 11.4. The Morgan fingerprint density at radius 3 is 1.71 bits per heavy atom. The number of carbonyl (C=O) groups excluding carboxylic acids is 1. The van der Waals surface area contributed by atoms with Gasteiger partial charge >= 0.3 is 5.97 Å². The first-order valence-electron chi connectivity index (χ1n) is 8.20. The standard InChI is InChI=1S/C20H24O4/c1-4-13-20(19(23)24-14(2)3,15-5-9-17(21)10-6-15)16-7-11-18(22)12-8-16/h5-12,14,21-22H,4,13H2,1-3H3. The van der Waals surface area contributed by atoms with Crippen LogP contribution in [0.2, 0.25) is 0 Å². The summed E-state index contributed by atoms with van der Waals surface area (Å²) >= 11 is 0. The van der Waals surface area contributed by atoms with Gasteiger partial charge in [0.15, 0.2) is 0 Å². The molecule has 0 saturated carbocycles. The normalized spacial score (nSPS) is 11.5. The smallest absolute Gasteiger partial charge is 0.321 e. The van der Waals surface area contributed by atoms with Crippen LogP contribution in [-0.2, 0) is 14.9 Å². The van der Waals surface area contributed by atoms with Gasteiger partial charge in [0, 0.05) is 0 Å². The van der Waals surface area contributed by atoms with Crippen LogP contribution in [0.1, 0.15) is 44.7 Å². The third-order valence-electron chi connectivity index (χ3n) is 4.04. The van der Waals surface area contributed by atoms with Gasteiger partial charge in [0.1, 0.15) is 16.9 Å². The molecule has 2 rings (SSSR count). The summed E-state index contributed by atoms with van der Waals surface area (Å²) in [5.41, 5.74) is 0.553. The Hall–Kier alpha value is -2.49. The first kappa shape index (κ1) is 17.9. The minimum absolute atomic E-state index is 0.145. The molecule has 128 valence electrons. The third kappa shape index (κ3) is 3.53. The zero-order chi connectivity index (χ0) is 17.7. The number of esters is 1. The van der Waals surface area contributed by atoms with E-state index >= 15 is 0 Å². The topological polar surface area (TPSA) is 66.8 Å². The number of aromatic hydroxyl groups is 2. The zero-order valence-electron chi connectivity index (χ0n) is 14.3. The Bertz CT molecular complexity index is 626. The third-order valence-corrected chi connectivity index (χ3v) is 4.04. The summed E-state index contributed by atoms with van der Waals surface area (Å²) in [6.45, 7) is 5.66. The lowest BCUT2D eigenvalue weighted by atomic mass is 9.71. The fourth-order valence-electron chi connectivity index (χ4n) is 2.97. The van der Waals surface area contributed by atoms with Crippen LogP contribution in [-0.4, -0.2) is 22.3 Å². The maximum absolute atomic E-state index is 13.1. The molecule has 0 radical (unpaired) electrons. The number of carbonyl (C=O) groups is 1. The summed E-state index contributed by atoms with van der Waals surface area (Å²) in [6, 6.07) is 13.3. The number of benzene rings is 2. The summed E-state index contributed by atoms with van der Waals surface area (Å²) in [5.74, 6) is -0.0325. The molecule has 0 amide bonds. The van der Waals surface area contributed by atoms with Crippen LogP contribution in [0, 0.1) is 0 Å². The van der Waals surface area contributed by atoms with Gasteiger partial charge in [-0.25, -0.2) is 0 Å². The average molecular weight is 328 g/mol. The zero-order valence-corrected chi connectivity index (χ0v) is 14.3. The monoisotopic (exact) mass is 328 g/mol. The summed E-state index contributed by atoms with van der Waals surface area (Å²) in [6.07, 6.45) is 1.10. The van der Waals surface area contributed by atoms with Gasteiger partial charge in [-0.1, -0.05) is 37.6 Å². The van der Waals surface area contributed by atoms with E-state index in [1.165, 1.54) is 0 Å². The number of phenols is 2. The van der Waals surface area contributed by atoms with E-state index in [4.69, 9.17) is 4.74 Å². The second kappa shape index (κ2) is 7.39. The van der Waals surface area contributed by atoms with Gasteiger partial charge in [0.25, 0.3) is 0 Å². The molecule has 0 fully saturated rings. The van der Waals surface area contributed by atoms with Crippen molar-refractivity contribution in [1.29, 1.82) is 0 Å². The quantitative estimate of drug-likeness (QED) is 0.782. The van der Waals surface area contributed by atoms with E-state index in [0.717, 1.165) is 17.5 Å². The van der Waals surface area contributed by atoms with E-state index in [-0.39, 0.29) is 23.6 Å². The molecule has 0 bridgehead atoms. The second-order valence-corrected chi connectivity index (χ2v) is 6.20. The highest BCUT2D eigenvalue weighted by Crippen LogP contribution is 2.39. The summed E-state index contributed by atoms with van der Waals surface area (Å²) < 4.78 is 5.57. The van der Waals surface area contributed by atoms with Crippen molar-refractivity contribution in [3.8, 4) is 11.5 Å². The van der Waals surface area contributed by atoms with Crippen molar-refractivity contribution in [2.45, 2.75) is 45.1 Å². The van der Waals surface area contributed by atoms with Crippen molar-refractivity contribution in [1.82, 2.24) is 0 Å². The van der Waals surface area contributed by atoms with Gasteiger partial charge in [0.2, 0.25) is 0 Å². The number of ether oxygens (including phenoxy) is 1. The van der Waals surface area contributed by atoms with E-state index in [1.807, 2.05) is 20.8 Å². The SMILES string of the molecule is CCCC(C(=O)OC(C)C)(c1ccc(O)cc1)c1ccc(O)cc1. The molecule has 24 heavy (non-hydrogen) atoms. The van der Waals surface area contributed by atoms with E-state index in [0.29, 0.717) is 6.42 Å². The predicted octanol–water partition coefficient (Wildman–Crippen LogP) is 4.14. The van der Waals surface area contributed by atoms with Gasteiger partial charge in [-0.2, -0.15) is 0 Å². The number of rotatable bonds is 6. The van der Waals surface area contributed by atoms with E-state index in [9.17, 15) is 15.0 Å². The maximum atomic E-state index is 13.1. The van der Waals surface area contributed by atoms with E-state index in [2.05, 4.69) is 0 Å². The van der Waals surface area contributed by atoms with Crippen molar-refractivity contribution in [3.05, 3.63) is 59.7 Å². The average Bonchev–Trinajstić information content (AvgIpc) is 2.54. The largest absolute Gasteiger partial charge is 0.508 e. The van der Waals surface area contributed by atoms with Crippen LogP contribution in [0.5, 0.6) is 11.5 Å². The van der Waals surface area contributed by atoms with E-state index < -0.39 is 5.41 Å². The lowest BCUT2D eigenvalue weighted by Crippen LogP contribution is -2.40. The van der Waals surface area contributed by atoms with Crippen molar-refractivity contribution >= 4 is 5.97 Å². The Kier molecular flexibility index (Phi) is 5.50. The van der Waals surface area contributed by atoms with Crippen molar-refractivity contribution in [2.24, 2.45) is 0 Å². The molecule has 2 N–H and O–H groups in total. The molecule has 0 unspecified atom stereocenters. The highest BCUT2D eigenvalue weighted by Gasteiger charge is 2.43. The van der Waals surface area contributed by atoms with E-state index in [1.54, 1.807) is 48.5 Å². The minimum Gasteiger partial charge on any atom is -0.508 e. The lowest BCUT2D eigenvalue weighted by molar-refractivity contribution is -0.153. The number of hydrogen-bond acceptors (Lipinski definition) is 4. The molecule has 2 aromatic rings. The number of phenolic OH excluding ortho intramolecular Hbond substituents is 2. The summed E-state index contributed by atoms with van der Waals surface area (Å²) in [7, 11) is 0. The molecule has 4 heteroatoms. The van der Waals surface area contributed by atoms with Gasteiger partial charge in [-0.15, -0.1) is 0 Å². The molecule has 2 aromatic carbocycles. The fraction of sp³-hybridized carbons (Fsp3) is 0.350. The molecular weight excluding hydrogens is 304 g/mol. The Labute approximate surface area is 142 Å². The molecule has 0 heterocycles. The predicted molar refractivity (Wildman–Crippen MR) is 93.1 cm³/mol. The molecule has 0 spiro atoms. The first-order valence-corrected chi connectivity index (χ1v) is 8.20. The maximum Gasteiger partial charge on any atom is 0.321 e. The van der Waals surface area contributed by atoms with Crippen LogP contribution in [0.4, 0.5) is 0 Å². The Morgan fingerprint density at radius 2 is 1.38 bits per heavy atom. The van der Waals surface area contributed by atoms with Gasteiger partial charge in [-0.05, 0) is 55.7 Å². The molecule has 0 aromatic heterocycles. The second-order valence-electron chi connectivity index (χ2n) is 6.20. The van der Waals surface area contributed by atoms with Crippen molar-refractivity contribution < 1.29 is 19.7 Å². The fourth-order valence-corrected chi connectivity index (χ4v) is 2.97. The van der Waals surface area contributed by atoms with Gasteiger partial charge in [0.05, 0.1) is 6.10 Å². The molecule has 0 aliphatic heterocycles. The minimum atomic E-state index is -0.972. The molecule has 0 atom stereocenters. The highest BCUT2D eigenvalue weighted by molar-refractivity contribution is 5.88. The molecule has 0 saturated heterocycles. The van der Waals surface area contributed by atoms with Crippen LogP contribution in [0.25, 0.3) is 0 Å². The van der Waals surface area contributed by atoms with Gasteiger partial charge < -0.3 is 14.9 Å². The Morgan fingerprint density at radius 1 is 0.958 bits per heavy atom.